The maximum Gasteiger partial charge on any atom is 0.177 e. The van der Waals surface area contributed by atoms with Crippen LogP contribution in [0.25, 0.3) is 0 Å². The first-order valence-corrected chi connectivity index (χ1v) is 6.56. The molecule has 1 fully saturated rings. The summed E-state index contributed by atoms with van der Waals surface area (Å²) in [6.45, 7) is 2.33. The number of nitrogens with one attached hydrogen (secondary N) is 1. The van der Waals surface area contributed by atoms with Gasteiger partial charge in [0.05, 0.1) is 12.3 Å². The number of H-pyrrole nitrogens is 1. The summed E-state index contributed by atoms with van der Waals surface area (Å²) in [5.74, 6) is 0.821. The number of hydrogen-bond acceptors (Lipinski definition) is 2. The summed E-state index contributed by atoms with van der Waals surface area (Å²) >= 11 is 5.29. The van der Waals surface area contributed by atoms with Crippen LogP contribution in [-0.4, -0.2) is 14.7 Å². The van der Waals surface area contributed by atoms with Crippen LogP contribution in [0.3, 0.4) is 0 Å². The Balaban J connectivity index is 2.22. The van der Waals surface area contributed by atoms with Gasteiger partial charge in [0.2, 0.25) is 0 Å². The quantitative estimate of drug-likeness (QED) is 0.797. The molecule has 2 N–H and O–H groups in total. The number of aliphatic hydroxyl groups is 1. The number of nitrogens with zero attached hydrogens (tertiary/aromatic N) is 1. The lowest BCUT2D eigenvalue weighted by atomic mass is 9.84. The Morgan fingerprint density at radius 3 is 3.06 bits per heavy atom. The van der Waals surface area contributed by atoms with Gasteiger partial charge in [-0.25, -0.2) is 0 Å². The molecule has 1 aromatic heterocycles. The minimum atomic E-state index is 0.0699. The highest BCUT2D eigenvalue weighted by Gasteiger charge is 2.23. The standard InChI is InChI=1S/C12H20N2OS/c1-2-9-4-3-5-10(6-9)14-11(8-15)7-13-12(14)16/h7,9-10,15H,2-6,8H2,1H3,(H,13,16). The number of aliphatic hydroxyl groups excluding tert-OH is 1. The van der Waals surface area contributed by atoms with Gasteiger partial charge in [0.1, 0.15) is 0 Å². The minimum Gasteiger partial charge on any atom is -0.390 e. The van der Waals surface area contributed by atoms with Gasteiger partial charge in [0.15, 0.2) is 4.77 Å². The molecule has 2 atom stereocenters. The predicted molar refractivity (Wildman–Crippen MR) is 66.8 cm³/mol. The van der Waals surface area contributed by atoms with Crippen molar-refractivity contribution < 1.29 is 5.11 Å². The van der Waals surface area contributed by atoms with Gasteiger partial charge in [-0.15, -0.1) is 0 Å². The zero-order valence-corrected chi connectivity index (χ0v) is 10.6. The molecule has 3 nitrogen and oxygen atoms in total. The van der Waals surface area contributed by atoms with Gasteiger partial charge in [-0.1, -0.05) is 26.2 Å². The largest absolute Gasteiger partial charge is 0.390 e. The first-order valence-electron chi connectivity index (χ1n) is 6.16. The van der Waals surface area contributed by atoms with E-state index in [-0.39, 0.29) is 6.61 Å². The van der Waals surface area contributed by atoms with E-state index in [4.69, 9.17) is 12.2 Å². The van der Waals surface area contributed by atoms with E-state index in [9.17, 15) is 5.11 Å². The fourth-order valence-corrected chi connectivity index (χ4v) is 3.13. The average molecular weight is 240 g/mol. The first kappa shape index (κ1) is 11.9. The van der Waals surface area contributed by atoms with Crippen LogP contribution in [0.1, 0.15) is 50.8 Å². The Bertz CT molecular complexity index is 396. The first-order chi connectivity index (χ1) is 7.76. The average Bonchev–Trinajstić information content (AvgIpc) is 2.70. The van der Waals surface area contributed by atoms with Crippen molar-refractivity contribution in [1.29, 1.82) is 0 Å². The van der Waals surface area contributed by atoms with E-state index in [1.165, 1.54) is 32.1 Å². The van der Waals surface area contributed by atoms with E-state index >= 15 is 0 Å². The lowest BCUT2D eigenvalue weighted by Gasteiger charge is -2.30. The summed E-state index contributed by atoms with van der Waals surface area (Å²) in [6.07, 6.45) is 8.10. The minimum absolute atomic E-state index is 0.0699. The van der Waals surface area contributed by atoms with Gasteiger partial charge >= 0.3 is 0 Å². The second-order valence-electron chi connectivity index (χ2n) is 4.71. The van der Waals surface area contributed by atoms with Crippen LogP contribution < -0.4 is 0 Å². The Morgan fingerprint density at radius 2 is 2.38 bits per heavy atom. The van der Waals surface area contributed by atoms with Crippen LogP contribution in [-0.2, 0) is 6.61 Å². The third-order valence-corrected chi connectivity index (χ3v) is 4.06. The molecule has 0 saturated heterocycles. The highest BCUT2D eigenvalue weighted by molar-refractivity contribution is 7.71. The molecule has 2 rings (SSSR count). The second-order valence-corrected chi connectivity index (χ2v) is 5.09. The molecule has 1 aliphatic carbocycles. The van der Waals surface area contributed by atoms with Crippen LogP contribution in [0.4, 0.5) is 0 Å². The van der Waals surface area contributed by atoms with Crippen LogP contribution in [0.2, 0.25) is 0 Å². The summed E-state index contributed by atoms with van der Waals surface area (Å²) in [4.78, 5) is 3.04. The van der Waals surface area contributed by atoms with Gasteiger partial charge in [0, 0.05) is 12.2 Å². The molecule has 0 spiro atoms. The summed E-state index contributed by atoms with van der Waals surface area (Å²) in [7, 11) is 0. The van der Waals surface area contributed by atoms with Gasteiger partial charge in [-0.3, -0.25) is 0 Å². The zero-order valence-electron chi connectivity index (χ0n) is 9.78. The molecule has 1 saturated carbocycles. The van der Waals surface area contributed by atoms with Crippen LogP contribution in [0.15, 0.2) is 6.20 Å². The lowest BCUT2D eigenvalue weighted by molar-refractivity contribution is 0.231. The molecular weight excluding hydrogens is 220 g/mol. The fourth-order valence-electron chi connectivity index (χ4n) is 2.80. The van der Waals surface area contributed by atoms with E-state index in [1.807, 2.05) is 6.20 Å². The normalized spacial score (nSPS) is 25.9. The van der Waals surface area contributed by atoms with Gasteiger partial charge in [-0.2, -0.15) is 0 Å². The molecular formula is C12H20N2OS. The van der Waals surface area contributed by atoms with E-state index in [1.54, 1.807) is 0 Å². The SMILES string of the molecule is CCC1CCCC(n2c(CO)c[nH]c2=S)C1. The molecule has 0 aliphatic heterocycles. The Labute approximate surface area is 102 Å². The van der Waals surface area contributed by atoms with Crippen molar-refractivity contribution in [2.75, 3.05) is 0 Å². The van der Waals surface area contributed by atoms with Crippen molar-refractivity contribution in [3.8, 4) is 0 Å². The van der Waals surface area contributed by atoms with Gasteiger partial charge < -0.3 is 14.7 Å². The van der Waals surface area contributed by atoms with Gasteiger partial charge in [0.25, 0.3) is 0 Å². The smallest absolute Gasteiger partial charge is 0.177 e. The molecule has 16 heavy (non-hydrogen) atoms. The molecule has 0 amide bonds. The Morgan fingerprint density at radius 1 is 1.56 bits per heavy atom. The molecule has 0 bridgehead atoms. The van der Waals surface area contributed by atoms with E-state index in [0.717, 1.165) is 16.4 Å². The zero-order chi connectivity index (χ0) is 11.5. The van der Waals surface area contributed by atoms with Crippen molar-refractivity contribution in [2.24, 2.45) is 5.92 Å². The second kappa shape index (κ2) is 5.15. The molecule has 90 valence electrons. The summed E-state index contributed by atoms with van der Waals surface area (Å²) in [5, 5.41) is 9.30. The molecule has 0 radical (unpaired) electrons. The van der Waals surface area contributed by atoms with Crippen molar-refractivity contribution in [1.82, 2.24) is 9.55 Å². The number of aromatic nitrogens is 2. The number of aromatic amines is 1. The Hall–Kier alpha value is -0.610. The summed E-state index contributed by atoms with van der Waals surface area (Å²) < 4.78 is 2.88. The van der Waals surface area contributed by atoms with Crippen LogP contribution >= 0.6 is 12.2 Å². The third kappa shape index (κ3) is 2.23. The van der Waals surface area contributed by atoms with Crippen LogP contribution in [0.5, 0.6) is 0 Å². The maximum atomic E-state index is 9.30. The predicted octanol–water partition coefficient (Wildman–Crippen LogP) is 3.18. The Kier molecular flexibility index (Phi) is 3.82. The molecule has 1 heterocycles. The van der Waals surface area contributed by atoms with Crippen LogP contribution in [0, 0.1) is 10.7 Å². The highest BCUT2D eigenvalue weighted by Crippen LogP contribution is 2.35. The highest BCUT2D eigenvalue weighted by atomic mass is 32.1. The topological polar surface area (TPSA) is 41.0 Å². The number of imidazole rings is 1. The van der Waals surface area contributed by atoms with Crippen molar-refractivity contribution >= 4 is 12.2 Å². The van der Waals surface area contributed by atoms with Crippen molar-refractivity contribution in [2.45, 2.75) is 51.7 Å². The molecule has 1 aromatic rings. The van der Waals surface area contributed by atoms with Gasteiger partial charge in [-0.05, 0) is 31.0 Å². The summed E-state index contributed by atoms with van der Waals surface area (Å²) in [5.41, 5.74) is 0.923. The summed E-state index contributed by atoms with van der Waals surface area (Å²) in [6, 6.07) is 0.486. The van der Waals surface area contributed by atoms with E-state index < -0.39 is 0 Å². The van der Waals surface area contributed by atoms with E-state index in [0.29, 0.717) is 6.04 Å². The van der Waals surface area contributed by atoms with E-state index in [2.05, 4.69) is 16.5 Å². The molecule has 2 unspecified atom stereocenters. The number of rotatable bonds is 3. The third-order valence-electron chi connectivity index (χ3n) is 3.75. The maximum absolute atomic E-state index is 9.30. The fraction of sp³-hybridized carbons (Fsp3) is 0.750. The van der Waals surface area contributed by atoms with Crippen molar-refractivity contribution in [3.63, 3.8) is 0 Å². The monoisotopic (exact) mass is 240 g/mol. The number of hydrogen-bond donors (Lipinski definition) is 2. The molecule has 0 aromatic carbocycles. The molecule has 4 heteroatoms. The lowest BCUT2D eigenvalue weighted by Crippen LogP contribution is -2.20. The van der Waals surface area contributed by atoms with Crippen molar-refractivity contribution in [3.05, 3.63) is 16.7 Å². The molecule has 1 aliphatic rings.